The van der Waals surface area contributed by atoms with E-state index >= 15 is 0 Å². The average Bonchev–Trinajstić information content (AvgIpc) is 2.92. The van der Waals surface area contributed by atoms with E-state index in [-0.39, 0.29) is 12.1 Å². The molecule has 1 aliphatic carbocycles. The van der Waals surface area contributed by atoms with E-state index in [0.29, 0.717) is 17.3 Å². The van der Waals surface area contributed by atoms with Gasteiger partial charge >= 0.3 is 6.03 Å². The van der Waals surface area contributed by atoms with Crippen molar-refractivity contribution in [2.45, 2.75) is 38.1 Å². The van der Waals surface area contributed by atoms with Gasteiger partial charge in [-0.1, -0.05) is 37.5 Å². The van der Waals surface area contributed by atoms with E-state index in [0.717, 1.165) is 68.9 Å². The number of anilines is 4. The third-order valence-electron chi connectivity index (χ3n) is 6.71. The average molecular weight is 473 g/mol. The molecule has 0 bridgehead atoms. The molecule has 1 saturated heterocycles. The van der Waals surface area contributed by atoms with Crippen LogP contribution in [0, 0.1) is 0 Å². The van der Waals surface area contributed by atoms with Gasteiger partial charge in [-0.25, -0.2) is 14.8 Å². The Morgan fingerprint density at radius 1 is 1.03 bits per heavy atom. The molecule has 2 fully saturated rings. The van der Waals surface area contributed by atoms with Crippen LogP contribution < -0.4 is 20.9 Å². The highest BCUT2D eigenvalue weighted by atomic mass is 16.5. The van der Waals surface area contributed by atoms with Crippen LogP contribution in [-0.4, -0.2) is 48.3 Å². The van der Waals surface area contributed by atoms with E-state index < -0.39 is 0 Å². The van der Waals surface area contributed by atoms with Gasteiger partial charge in [0.05, 0.1) is 24.6 Å². The van der Waals surface area contributed by atoms with Crippen LogP contribution in [0.5, 0.6) is 0 Å². The Morgan fingerprint density at radius 2 is 1.86 bits per heavy atom. The minimum absolute atomic E-state index is 0.0391. The number of rotatable bonds is 5. The molecule has 35 heavy (non-hydrogen) atoms. The first-order valence-electron chi connectivity index (χ1n) is 12.4. The minimum atomic E-state index is -0.256. The lowest BCUT2D eigenvalue weighted by molar-refractivity contribution is 0.122. The molecule has 3 aromatic rings. The van der Waals surface area contributed by atoms with Crippen molar-refractivity contribution in [3.05, 3.63) is 60.8 Å². The fourth-order valence-corrected chi connectivity index (χ4v) is 4.88. The summed E-state index contributed by atoms with van der Waals surface area (Å²) in [7, 11) is 0. The number of nitrogens with two attached hydrogens (primary N) is 1. The zero-order valence-electron chi connectivity index (χ0n) is 19.9. The number of carbonyl (C=O) groups excluding carboxylic acids is 1. The largest absolute Gasteiger partial charge is 0.396 e. The molecule has 3 N–H and O–H groups in total. The molecule has 2 amide bonds. The normalized spacial score (nSPS) is 16.6. The van der Waals surface area contributed by atoms with Gasteiger partial charge in [0.15, 0.2) is 5.82 Å². The molecule has 182 valence electrons. The second-order valence-corrected chi connectivity index (χ2v) is 9.07. The van der Waals surface area contributed by atoms with Crippen LogP contribution in [0.4, 0.5) is 27.8 Å². The number of ether oxygens (including phenoxy) is 1. The number of nitrogens with one attached hydrogen (secondary N) is 1. The molecule has 0 radical (unpaired) electrons. The number of pyridine rings is 2. The van der Waals surface area contributed by atoms with Crippen LogP contribution in [0.25, 0.3) is 11.3 Å². The van der Waals surface area contributed by atoms with Crippen molar-refractivity contribution in [1.29, 1.82) is 0 Å². The van der Waals surface area contributed by atoms with Gasteiger partial charge in [-0.2, -0.15) is 0 Å². The Labute approximate surface area is 206 Å². The minimum Gasteiger partial charge on any atom is -0.396 e. The molecule has 1 saturated carbocycles. The summed E-state index contributed by atoms with van der Waals surface area (Å²) < 4.78 is 5.50. The number of hydrogen-bond donors (Lipinski definition) is 2. The van der Waals surface area contributed by atoms with Gasteiger partial charge in [0.25, 0.3) is 0 Å². The van der Waals surface area contributed by atoms with E-state index in [1.54, 1.807) is 17.2 Å². The molecule has 0 spiro atoms. The van der Waals surface area contributed by atoms with Gasteiger partial charge < -0.3 is 15.4 Å². The van der Waals surface area contributed by atoms with Crippen molar-refractivity contribution in [3.63, 3.8) is 0 Å². The summed E-state index contributed by atoms with van der Waals surface area (Å²) >= 11 is 0. The number of amides is 2. The quantitative estimate of drug-likeness (QED) is 0.546. The Morgan fingerprint density at radius 3 is 2.63 bits per heavy atom. The third kappa shape index (κ3) is 5.38. The fraction of sp³-hybridized carbons (Fsp3) is 0.370. The number of benzene rings is 1. The molecule has 0 atom stereocenters. The highest BCUT2D eigenvalue weighted by molar-refractivity contribution is 6.03. The number of carbonyl (C=O) groups is 1. The summed E-state index contributed by atoms with van der Waals surface area (Å²) in [4.78, 5) is 26.8. The molecule has 1 aliphatic heterocycles. The van der Waals surface area contributed by atoms with Gasteiger partial charge in [-0.05, 0) is 49.2 Å². The highest BCUT2D eigenvalue weighted by Crippen LogP contribution is 2.33. The third-order valence-corrected chi connectivity index (χ3v) is 6.71. The summed E-state index contributed by atoms with van der Waals surface area (Å²) in [6, 6.07) is 17.4. The Bertz CT molecular complexity index is 1140. The van der Waals surface area contributed by atoms with E-state index in [1.165, 1.54) is 6.42 Å². The van der Waals surface area contributed by atoms with Crippen LogP contribution in [0.1, 0.15) is 32.1 Å². The number of hydrogen-bond acceptors (Lipinski definition) is 6. The maximum Gasteiger partial charge on any atom is 0.328 e. The first kappa shape index (κ1) is 23.1. The van der Waals surface area contributed by atoms with Gasteiger partial charge in [-0.15, -0.1) is 0 Å². The molecule has 1 aromatic carbocycles. The molecule has 2 aromatic heterocycles. The maximum atomic E-state index is 13.5. The number of urea groups is 1. The van der Waals surface area contributed by atoms with E-state index in [4.69, 9.17) is 15.5 Å². The van der Waals surface area contributed by atoms with Gasteiger partial charge in [0.2, 0.25) is 0 Å². The topological polar surface area (TPSA) is 96.6 Å². The molecule has 3 heterocycles. The molecular formula is C27H32N6O2. The van der Waals surface area contributed by atoms with Crippen molar-refractivity contribution in [3.8, 4) is 11.3 Å². The Hall–Kier alpha value is -3.65. The van der Waals surface area contributed by atoms with Crippen LogP contribution in [0.15, 0.2) is 60.8 Å². The SMILES string of the molecule is Nc1ccc(-c2cccc(N3CCOCC3)c2)nc1N(C(=O)Nc1ccccn1)C1CCCCC1. The number of nitrogens with zero attached hydrogens (tertiary/aromatic N) is 4. The van der Waals surface area contributed by atoms with Crippen molar-refractivity contribution >= 4 is 29.0 Å². The second kappa shape index (κ2) is 10.7. The van der Waals surface area contributed by atoms with Crippen molar-refractivity contribution in [2.75, 3.05) is 47.2 Å². The van der Waals surface area contributed by atoms with E-state index in [2.05, 4.69) is 27.3 Å². The molecule has 5 rings (SSSR count). The molecular weight excluding hydrogens is 440 g/mol. The Balaban J connectivity index is 1.48. The maximum absolute atomic E-state index is 13.5. The molecule has 8 heteroatoms. The zero-order chi connectivity index (χ0) is 24.0. The summed E-state index contributed by atoms with van der Waals surface area (Å²) in [5, 5.41) is 2.94. The first-order valence-corrected chi connectivity index (χ1v) is 12.4. The number of aromatic nitrogens is 2. The van der Waals surface area contributed by atoms with Crippen molar-refractivity contribution in [1.82, 2.24) is 9.97 Å². The predicted molar refractivity (Wildman–Crippen MR) is 140 cm³/mol. The lowest BCUT2D eigenvalue weighted by atomic mass is 9.94. The van der Waals surface area contributed by atoms with Crippen LogP contribution in [0.2, 0.25) is 0 Å². The van der Waals surface area contributed by atoms with Crippen LogP contribution in [0.3, 0.4) is 0 Å². The summed E-state index contributed by atoms with van der Waals surface area (Å²) in [5.41, 5.74) is 9.84. The monoisotopic (exact) mass is 472 g/mol. The lowest BCUT2D eigenvalue weighted by Gasteiger charge is -2.34. The van der Waals surface area contributed by atoms with Crippen molar-refractivity contribution < 1.29 is 9.53 Å². The summed E-state index contributed by atoms with van der Waals surface area (Å²) in [6.07, 6.45) is 6.86. The second-order valence-electron chi connectivity index (χ2n) is 9.07. The molecule has 2 aliphatic rings. The Kier molecular flexibility index (Phi) is 7.09. The standard InChI is InChI=1S/C27H32N6O2/c28-23-12-13-24(20-7-6-10-22(19-20)32-15-17-35-18-16-32)30-26(23)33(21-8-2-1-3-9-21)27(34)31-25-11-4-5-14-29-25/h4-7,10-14,19,21H,1-3,8-9,15-18,28H2,(H,29,31,34). The van der Waals surface area contributed by atoms with E-state index in [1.807, 2.05) is 36.4 Å². The molecule has 0 unspecified atom stereocenters. The first-order chi connectivity index (χ1) is 17.2. The summed E-state index contributed by atoms with van der Waals surface area (Å²) in [5.74, 6) is 1.01. The van der Waals surface area contributed by atoms with Gasteiger partial charge in [0.1, 0.15) is 5.82 Å². The van der Waals surface area contributed by atoms with Gasteiger partial charge in [-0.3, -0.25) is 10.2 Å². The highest BCUT2D eigenvalue weighted by Gasteiger charge is 2.30. The number of morpholine rings is 1. The zero-order valence-corrected chi connectivity index (χ0v) is 19.9. The fourth-order valence-electron chi connectivity index (χ4n) is 4.88. The van der Waals surface area contributed by atoms with Crippen LogP contribution >= 0.6 is 0 Å². The van der Waals surface area contributed by atoms with Crippen molar-refractivity contribution in [2.24, 2.45) is 0 Å². The smallest absolute Gasteiger partial charge is 0.328 e. The lowest BCUT2D eigenvalue weighted by Crippen LogP contribution is -2.45. The predicted octanol–water partition coefficient (Wildman–Crippen LogP) is 4.93. The van der Waals surface area contributed by atoms with Crippen LogP contribution in [-0.2, 0) is 4.74 Å². The van der Waals surface area contributed by atoms with E-state index in [9.17, 15) is 4.79 Å². The molecule has 8 nitrogen and oxygen atoms in total. The summed E-state index contributed by atoms with van der Waals surface area (Å²) in [6.45, 7) is 3.20. The van der Waals surface area contributed by atoms with Gasteiger partial charge in [0, 0.05) is 36.6 Å². The number of nitrogen functional groups attached to an aromatic ring is 1.